The van der Waals surface area contributed by atoms with Gasteiger partial charge in [0.15, 0.2) is 0 Å². The van der Waals surface area contributed by atoms with Crippen LogP contribution in [0.3, 0.4) is 0 Å². The largest absolute Gasteiger partial charge is 0.337 e. The highest BCUT2D eigenvalue weighted by molar-refractivity contribution is 5.92. The van der Waals surface area contributed by atoms with Crippen molar-refractivity contribution in [3.8, 4) is 0 Å². The molecule has 5 nitrogen and oxygen atoms in total. The van der Waals surface area contributed by atoms with E-state index >= 15 is 0 Å². The lowest BCUT2D eigenvalue weighted by molar-refractivity contribution is 0.0781. The van der Waals surface area contributed by atoms with Crippen molar-refractivity contribution in [1.29, 1.82) is 0 Å². The highest BCUT2D eigenvalue weighted by Gasteiger charge is 2.27. The van der Waals surface area contributed by atoms with E-state index in [0.717, 1.165) is 31.4 Å². The van der Waals surface area contributed by atoms with Gasteiger partial charge in [0, 0.05) is 30.9 Å². The number of para-hydroxylation sites is 1. The van der Waals surface area contributed by atoms with Crippen LogP contribution in [-0.4, -0.2) is 38.8 Å². The molecule has 1 amide bonds. The van der Waals surface area contributed by atoms with Crippen LogP contribution in [0.25, 0.3) is 10.9 Å². The molecule has 0 unspecified atom stereocenters. The molecule has 1 aliphatic rings. The molecule has 1 aliphatic heterocycles. The van der Waals surface area contributed by atoms with Crippen molar-refractivity contribution in [2.24, 2.45) is 5.92 Å². The standard InChI is InChI=1S/C19H18N4O/c24-19(18-6-8-20-13-22-18)23-10-7-14(12-23)11-15-5-9-21-17-4-2-1-3-16(15)17/h1-6,8-9,13-14H,7,10-12H2/t14-/m1/s1. The van der Waals surface area contributed by atoms with Crippen molar-refractivity contribution in [3.05, 3.63) is 66.4 Å². The summed E-state index contributed by atoms with van der Waals surface area (Å²) in [4.78, 5) is 26.7. The van der Waals surface area contributed by atoms with Crippen molar-refractivity contribution in [2.75, 3.05) is 13.1 Å². The maximum atomic E-state index is 12.5. The molecule has 1 saturated heterocycles. The first kappa shape index (κ1) is 14.8. The van der Waals surface area contributed by atoms with E-state index in [0.29, 0.717) is 11.6 Å². The first-order chi connectivity index (χ1) is 11.8. The second-order valence-electron chi connectivity index (χ2n) is 6.19. The Morgan fingerprint density at radius 2 is 2.04 bits per heavy atom. The Balaban J connectivity index is 1.48. The van der Waals surface area contributed by atoms with Crippen LogP contribution in [0, 0.1) is 5.92 Å². The van der Waals surface area contributed by atoms with Crippen LogP contribution in [0.15, 0.2) is 55.1 Å². The molecule has 4 rings (SSSR count). The van der Waals surface area contributed by atoms with Gasteiger partial charge in [0.1, 0.15) is 12.0 Å². The summed E-state index contributed by atoms with van der Waals surface area (Å²) in [5.74, 6) is 0.473. The monoisotopic (exact) mass is 318 g/mol. The van der Waals surface area contributed by atoms with Gasteiger partial charge in [-0.25, -0.2) is 9.97 Å². The normalized spacial score (nSPS) is 17.3. The zero-order valence-electron chi connectivity index (χ0n) is 13.3. The van der Waals surface area contributed by atoms with Crippen LogP contribution >= 0.6 is 0 Å². The minimum atomic E-state index is -0.000476. The Labute approximate surface area is 140 Å². The lowest BCUT2D eigenvalue weighted by atomic mass is 9.96. The van der Waals surface area contributed by atoms with Gasteiger partial charge in [0.05, 0.1) is 5.52 Å². The van der Waals surface area contributed by atoms with E-state index in [2.05, 4.69) is 27.1 Å². The number of hydrogen-bond acceptors (Lipinski definition) is 4. The predicted octanol–water partition coefficient (Wildman–Crippen LogP) is 2.73. The molecule has 0 aliphatic carbocycles. The second-order valence-corrected chi connectivity index (χ2v) is 6.19. The molecule has 0 spiro atoms. The molecule has 1 fully saturated rings. The molecule has 1 atom stereocenters. The zero-order chi connectivity index (χ0) is 16.4. The van der Waals surface area contributed by atoms with Gasteiger partial charge in [-0.15, -0.1) is 0 Å². The number of benzene rings is 1. The molecule has 0 N–H and O–H groups in total. The fourth-order valence-corrected chi connectivity index (χ4v) is 3.41. The van der Waals surface area contributed by atoms with E-state index in [1.165, 1.54) is 17.3 Å². The van der Waals surface area contributed by atoms with Crippen LogP contribution < -0.4 is 0 Å². The molecule has 0 radical (unpaired) electrons. The van der Waals surface area contributed by atoms with Crippen molar-refractivity contribution in [3.63, 3.8) is 0 Å². The average Bonchev–Trinajstić information content (AvgIpc) is 3.11. The lowest BCUT2D eigenvalue weighted by Gasteiger charge is -2.16. The van der Waals surface area contributed by atoms with Crippen LogP contribution in [0.1, 0.15) is 22.5 Å². The lowest BCUT2D eigenvalue weighted by Crippen LogP contribution is -2.29. The Morgan fingerprint density at radius 1 is 1.12 bits per heavy atom. The van der Waals surface area contributed by atoms with E-state index < -0.39 is 0 Å². The minimum absolute atomic E-state index is 0.000476. The number of rotatable bonds is 3. The molecule has 3 heterocycles. The maximum absolute atomic E-state index is 12.5. The summed E-state index contributed by atoms with van der Waals surface area (Å²) < 4.78 is 0. The van der Waals surface area contributed by atoms with E-state index in [4.69, 9.17) is 0 Å². The van der Waals surface area contributed by atoms with Gasteiger partial charge < -0.3 is 4.90 Å². The van der Waals surface area contributed by atoms with Gasteiger partial charge in [-0.1, -0.05) is 18.2 Å². The first-order valence-electron chi connectivity index (χ1n) is 8.19. The van der Waals surface area contributed by atoms with Crippen LogP contribution in [0.4, 0.5) is 0 Å². The number of aromatic nitrogens is 3. The van der Waals surface area contributed by atoms with Crippen LogP contribution in [-0.2, 0) is 6.42 Å². The Bertz CT molecular complexity index is 860. The van der Waals surface area contributed by atoms with Gasteiger partial charge in [-0.05, 0) is 42.5 Å². The number of amides is 1. The number of hydrogen-bond donors (Lipinski definition) is 0. The highest BCUT2D eigenvalue weighted by Crippen LogP contribution is 2.25. The first-order valence-corrected chi connectivity index (χ1v) is 8.19. The fraction of sp³-hybridized carbons (Fsp3) is 0.263. The SMILES string of the molecule is O=C(c1ccncn1)N1CC[C@H](Cc2ccnc3ccccc23)C1. The van der Waals surface area contributed by atoms with E-state index in [1.54, 1.807) is 12.3 Å². The summed E-state index contributed by atoms with van der Waals surface area (Å²) in [6, 6.07) is 12.0. The van der Waals surface area contributed by atoms with Crippen molar-refractivity contribution in [2.45, 2.75) is 12.8 Å². The van der Waals surface area contributed by atoms with Crippen molar-refractivity contribution >= 4 is 16.8 Å². The molecule has 2 aromatic heterocycles. The Hall–Kier alpha value is -2.82. The number of fused-ring (bicyclic) bond motifs is 1. The third kappa shape index (κ3) is 2.85. The summed E-state index contributed by atoms with van der Waals surface area (Å²) in [6.45, 7) is 1.57. The Kier molecular flexibility index (Phi) is 3.91. The molecule has 0 saturated carbocycles. The summed E-state index contributed by atoms with van der Waals surface area (Å²) in [5, 5.41) is 1.21. The number of pyridine rings is 1. The van der Waals surface area contributed by atoms with Gasteiger partial charge in [0.25, 0.3) is 5.91 Å². The number of likely N-dealkylation sites (tertiary alicyclic amines) is 1. The van der Waals surface area contributed by atoms with Crippen LogP contribution in [0.2, 0.25) is 0 Å². The van der Waals surface area contributed by atoms with Gasteiger partial charge in [-0.2, -0.15) is 0 Å². The summed E-state index contributed by atoms with van der Waals surface area (Å²) in [6.07, 6.45) is 6.89. The summed E-state index contributed by atoms with van der Waals surface area (Å²) >= 11 is 0. The summed E-state index contributed by atoms with van der Waals surface area (Å²) in [5.41, 5.74) is 2.81. The predicted molar refractivity (Wildman–Crippen MR) is 91.5 cm³/mol. The Morgan fingerprint density at radius 3 is 2.92 bits per heavy atom. The average molecular weight is 318 g/mol. The number of nitrogens with zero attached hydrogens (tertiary/aromatic N) is 4. The van der Waals surface area contributed by atoms with Crippen LogP contribution in [0.5, 0.6) is 0 Å². The van der Waals surface area contributed by atoms with Gasteiger partial charge in [0.2, 0.25) is 0 Å². The topological polar surface area (TPSA) is 59.0 Å². The number of carbonyl (C=O) groups excluding carboxylic acids is 1. The third-order valence-electron chi connectivity index (χ3n) is 4.62. The van der Waals surface area contributed by atoms with Crippen molar-refractivity contribution < 1.29 is 4.79 Å². The molecular formula is C19H18N4O. The summed E-state index contributed by atoms with van der Waals surface area (Å²) in [7, 11) is 0. The molecule has 120 valence electrons. The number of carbonyl (C=O) groups is 1. The quantitative estimate of drug-likeness (QED) is 0.745. The highest BCUT2D eigenvalue weighted by atomic mass is 16.2. The third-order valence-corrected chi connectivity index (χ3v) is 4.62. The fourth-order valence-electron chi connectivity index (χ4n) is 3.41. The van der Waals surface area contributed by atoms with Crippen molar-refractivity contribution in [1.82, 2.24) is 19.9 Å². The molecule has 5 heteroatoms. The van der Waals surface area contributed by atoms with E-state index in [1.807, 2.05) is 29.3 Å². The van der Waals surface area contributed by atoms with E-state index in [9.17, 15) is 4.79 Å². The van der Waals surface area contributed by atoms with Gasteiger partial charge in [-0.3, -0.25) is 9.78 Å². The van der Waals surface area contributed by atoms with E-state index in [-0.39, 0.29) is 5.91 Å². The smallest absolute Gasteiger partial charge is 0.272 e. The second kappa shape index (κ2) is 6.35. The van der Waals surface area contributed by atoms with Gasteiger partial charge >= 0.3 is 0 Å². The molecule has 24 heavy (non-hydrogen) atoms. The minimum Gasteiger partial charge on any atom is -0.337 e. The molecule has 1 aromatic carbocycles. The maximum Gasteiger partial charge on any atom is 0.272 e. The zero-order valence-corrected chi connectivity index (χ0v) is 13.3. The molecule has 0 bridgehead atoms. The molecule has 3 aromatic rings. The molecular weight excluding hydrogens is 300 g/mol.